The van der Waals surface area contributed by atoms with E-state index in [-0.39, 0.29) is 11.8 Å². The van der Waals surface area contributed by atoms with Crippen LogP contribution in [-0.4, -0.2) is 16.5 Å². The first-order chi connectivity index (χ1) is 8.99. The number of hydrazine groups is 1. The van der Waals surface area contributed by atoms with Gasteiger partial charge in [0.05, 0.1) is 0 Å². The smallest absolute Gasteiger partial charge is 0.370 e. The molecule has 1 aromatic rings. The lowest BCUT2D eigenvalue weighted by Gasteiger charge is -2.25. The average Bonchev–Trinajstić information content (AvgIpc) is 2.31. The molecule has 0 spiro atoms. The highest BCUT2D eigenvalue weighted by molar-refractivity contribution is 5.42. The molecule has 106 valence electrons. The second-order valence-corrected chi connectivity index (χ2v) is 4.62. The Hall–Kier alpha value is -1.57. The monoisotopic (exact) mass is 275 g/mol. The highest BCUT2D eigenvalue weighted by atomic mass is 19.4. The lowest BCUT2D eigenvalue weighted by atomic mass is 9.83. The molecule has 0 aromatic carbocycles. The molecule has 1 aromatic heterocycles. The van der Waals surface area contributed by atoms with Crippen LogP contribution in [0.1, 0.15) is 31.4 Å². The molecule has 1 aliphatic rings. The van der Waals surface area contributed by atoms with E-state index in [4.69, 9.17) is 5.84 Å². The van der Waals surface area contributed by atoms with Crippen molar-refractivity contribution >= 4 is 11.8 Å². The summed E-state index contributed by atoms with van der Waals surface area (Å²) in [7, 11) is 0. The fourth-order valence-corrected chi connectivity index (χ4v) is 1.93. The van der Waals surface area contributed by atoms with E-state index in [9.17, 15) is 13.2 Å². The molecule has 0 radical (unpaired) electrons. The van der Waals surface area contributed by atoms with Gasteiger partial charge in [-0.15, -0.1) is 0 Å². The zero-order valence-corrected chi connectivity index (χ0v) is 10.3. The number of rotatable bonds is 5. The van der Waals surface area contributed by atoms with Crippen molar-refractivity contribution in [1.29, 1.82) is 0 Å². The molecule has 4 N–H and O–H groups in total. The molecule has 0 bridgehead atoms. The maximum atomic E-state index is 12.6. The second kappa shape index (κ2) is 5.60. The van der Waals surface area contributed by atoms with Gasteiger partial charge in [-0.3, -0.25) is 5.43 Å². The SMILES string of the molecule is NNc1nc(NCCC2CCC2)cc(C(F)(F)F)n1. The third-order valence-electron chi connectivity index (χ3n) is 3.23. The van der Waals surface area contributed by atoms with Gasteiger partial charge in [-0.2, -0.15) is 18.2 Å². The highest BCUT2D eigenvalue weighted by Crippen LogP contribution is 2.31. The lowest BCUT2D eigenvalue weighted by molar-refractivity contribution is -0.141. The third-order valence-corrected chi connectivity index (χ3v) is 3.23. The summed E-state index contributed by atoms with van der Waals surface area (Å²) >= 11 is 0. The van der Waals surface area contributed by atoms with Crippen LogP contribution in [0.4, 0.5) is 24.9 Å². The fraction of sp³-hybridized carbons (Fsp3) is 0.636. The molecule has 0 atom stereocenters. The van der Waals surface area contributed by atoms with E-state index in [2.05, 4.69) is 15.3 Å². The van der Waals surface area contributed by atoms with Crippen LogP contribution in [0.3, 0.4) is 0 Å². The number of hydrogen-bond donors (Lipinski definition) is 3. The summed E-state index contributed by atoms with van der Waals surface area (Å²) in [6.07, 6.45) is 0.0804. The van der Waals surface area contributed by atoms with E-state index >= 15 is 0 Å². The zero-order valence-electron chi connectivity index (χ0n) is 10.3. The van der Waals surface area contributed by atoms with Crippen molar-refractivity contribution in [3.8, 4) is 0 Å². The van der Waals surface area contributed by atoms with Gasteiger partial charge in [0.1, 0.15) is 5.82 Å². The van der Waals surface area contributed by atoms with Crippen molar-refractivity contribution in [3.63, 3.8) is 0 Å². The van der Waals surface area contributed by atoms with Gasteiger partial charge in [-0.1, -0.05) is 19.3 Å². The molecular formula is C11H16F3N5. The average molecular weight is 275 g/mol. The number of hydrogen-bond acceptors (Lipinski definition) is 5. The fourth-order valence-electron chi connectivity index (χ4n) is 1.93. The highest BCUT2D eigenvalue weighted by Gasteiger charge is 2.33. The van der Waals surface area contributed by atoms with Crippen molar-refractivity contribution < 1.29 is 13.2 Å². The zero-order chi connectivity index (χ0) is 13.9. The van der Waals surface area contributed by atoms with Crippen molar-refractivity contribution in [2.24, 2.45) is 11.8 Å². The molecule has 2 rings (SSSR count). The molecule has 0 saturated heterocycles. The number of nitrogens with one attached hydrogen (secondary N) is 2. The van der Waals surface area contributed by atoms with E-state index < -0.39 is 11.9 Å². The summed E-state index contributed by atoms with van der Waals surface area (Å²) in [6, 6.07) is 0.890. The van der Waals surface area contributed by atoms with Crippen LogP contribution in [0.2, 0.25) is 0 Å². The standard InChI is InChI=1S/C11H16F3N5/c12-11(13,14)8-6-9(18-10(17-8)19-15)16-5-4-7-2-1-3-7/h6-7H,1-5,15H2,(H2,16,17,18,19). The molecule has 5 nitrogen and oxygen atoms in total. The van der Waals surface area contributed by atoms with Gasteiger partial charge >= 0.3 is 6.18 Å². The Balaban J connectivity index is 2.01. The van der Waals surface area contributed by atoms with Gasteiger partial charge in [-0.25, -0.2) is 10.8 Å². The molecule has 0 aliphatic heterocycles. The van der Waals surface area contributed by atoms with Crippen molar-refractivity contribution in [3.05, 3.63) is 11.8 Å². The van der Waals surface area contributed by atoms with Crippen molar-refractivity contribution in [1.82, 2.24) is 9.97 Å². The van der Waals surface area contributed by atoms with Crippen LogP contribution >= 0.6 is 0 Å². The summed E-state index contributed by atoms with van der Waals surface area (Å²) in [5.41, 5.74) is 1.03. The van der Waals surface area contributed by atoms with Crippen molar-refractivity contribution in [2.75, 3.05) is 17.3 Å². The number of nitrogens with two attached hydrogens (primary N) is 1. The van der Waals surface area contributed by atoms with Gasteiger partial charge in [-0.05, 0) is 12.3 Å². The Morgan fingerprint density at radius 3 is 2.58 bits per heavy atom. The van der Waals surface area contributed by atoms with E-state index in [0.717, 1.165) is 12.5 Å². The minimum absolute atomic E-state index is 0.134. The van der Waals surface area contributed by atoms with E-state index in [1.165, 1.54) is 19.3 Å². The van der Waals surface area contributed by atoms with Crippen LogP contribution in [0, 0.1) is 5.92 Å². The van der Waals surface area contributed by atoms with E-state index in [1.807, 2.05) is 5.43 Å². The molecule has 1 fully saturated rings. The molecule has 0 amide bonds. The van der Waals surface area contributed by atoms with Gasteiger partial charge in [0.2, 0.25) is 5.95 Å². The lowest BCUT2D eigenvalue weighted by Crippen LogP contribution is -2.19. The number of aromatic nitrogens is 2. The minimum Gasteiger partial charge on any atom is -0.370 e. The van der Waals surface area contributed by atoms with Crippen LogP contribution in [-0.2, 0) is 6.18 Å². The Morgan fingerprint density at radius 1 is 1.32 bits per heavy atom. The first-order valence-electron chi connectivity index (χ1n) is 6.16. The summed E-state index contributed by atoms with van der Waals surface area (Å²) in [4.78, 5) is 7.13. The predicted octanol–water partition coefficient (Wildman–Crippen LogP) is 2.38. The van der Waals surface area contributed by atoms with Crippen LogP contribution in [0.25, 0.3) is 0 Å². The first kappa shape index (κ1) is 13.9. The quantitative estimate of drug-likeness (QED) is 0.568. The second-order valence-electron chi connectivity index (χ2n) is 4.62. The summed E-state index contributed by atoms with van der Waals surface area (Å²) in [6.45, 7) is 0.600. The summed E-state index contributed by atoms with van der Waals surface area (Å²) in [5.74, 6) is 5.64. The van der Waals surface area contributed by atoms with E-state index in [1.54, 1.807) is 0 Å². The first-order valence-corrected chi connectivity index (χ1v) is 6.16. The summed E-state index contributed by atoms with van der Waals surface area (Å²) < 4.78 is 37.8. The third kappa shape index (κ3) is 3.69. The Kier molecular flexibility index (Phi) is 4.08. The molecule has 1 saturated carbocycles. The number of anilines is 2. The van der Waals surface area contributed by atoms with Crippen LogP contribution < -0.4 is 16.6 Å². The Bertz CT molecular complexity index is 431. The minimum atomic E-state index is -4.51. The molecule has 1 heterocycles. The van der Waals surface area contributed by atoms with Gasteiger partial charge in [0.15, 0.2) is 5.69 Å². The summed E-state index contributed by atoms with van der Waals surface area (Å²) in [5, 5.41) is 2.88. The van der Waals surface area contributed by atoms with Crippen molar-refractivity contribution in [2.45, 2.75) is 31.9 Å². The van der Waals surface area contributed by atoms with Gasteiger partial charge in [0.25, 0.3) is 0 Å². The molecule has 0 unspecified atom stereocenters. The van der Waals surface area contributed by atoms with Crippen LogP contribution in [0.15, 0.2) is 6.07 Å². The normalized spacial score (nSPS) is 16.0. The molecule has 19 heavy (non-hydrogen) atoms. The Labute approximate surface area is 108 Å². The number of halogens is 3. The van der Waals surface area contributed by atoms with Crippen LogP contribution in [0.5, 0.6) is 0 Å². The Morgan fingerprint density at radius 2 is 2.05 bits per heavy atom. The molecular weight excluding hydrogens is 259 g/mol. The van der Waals surface area contributed by atoms with E-state index in [0.29, 0.717) is 12.5 Å². The van der Waals surface area contributed by atoms with Gasteiger partial charge in [0, 0.05) is 12.6 Å². The maximum Gasteiger partial charge on any atom is 0.433 e. The number of nitrogen functional groups attached to an aromatic ring is 1. The topological polar surface area (TPSA) is 75.9 Å². The predicted molar refractivity (Wildman–Crippen MR) is 65.3 cm³/mol. The maximum absolute atomic E-state index is 12.6. The number of nitrogens with zero attached hydrogens (tertiary/aromatic N) is 2. The van der Waals surface area contributed by atoms with Gasteiger partial charge < -0.3 is 5.32 Å². The number of alkyl halides is 3. The largest absolute Gasteiger partial charge is 0.433 e. The molecule has 1 aliphatic carbocycles. The molecule has 8 heteroatoms.